The van der Waals surface area contributed by atoms with Crippen LogP contribution in [0.4, 0.5) is 5.69 Å². The number of fused-ring (bicyclic) bond motifs is 3. The molecule has 1 spiro atoms. The van der Waals surface area contributed by atoms with E-state index < -0.39 is 5.41 Å². The first-order valence-corrected chi connectivity index (χ1v) is 12.9. The highest BCUT2D eigenvalue weighted by Gasteiger charge is 2.60. The minimum absolute atomic E-state index is 0.0196. The van der Waals surface area contributed by atoms with Gasteiger partial charge in [0.25, 0.3) is 0 Å². The zero-order valence-electron chi connectivity index (χ0n) is 21.1. The number of nitrogens with zero attached hydrogens (tertiary/aromatic N) is 4. The maximum absolute atomic E-state index is 14.0. The van der Waals surface area contributed by atoms with Crippen LogP contribution >= 0.6 is 0 Å². The van der Waals surface area contributed by atoms with Gasteiger partial charge in [0.15, 0.2) is 0 Å². The van der Waals surface area contributed by atoms with E-state index in [1.807, 2.05) is 42.7 Å². The van der Waals surface area contributed by atoms with Crippen LogP contribution in [0.15, 0.2) is 67.3 Å². The van der Waals surface area contributed by atoms with E-state index in [1.165, 1.54) is 7.11 Å². The molecule has 1 aromatic carbocycles. The number of hydrogen-bond donors (Lipinski definition) is 1. The summed E-state index contributed by atoms with van der Waals surface area (Å²) < 4.78 is 4.94. The van der Waals surface area contributed by atoms with E-state index in [2.05, 4.69) is 17.1 Å². The molecule has 0 unspecified atom stereocenters. The predicted octanol–water partition coefficient (Wildman–Crippen LogP) is 4.01. The third kappa shape index (κ3) is 3.29. The van der Waals surface area contributed by atoms with Gasteiger partial charge in [-0.25, -0.2) is 0 Å². The molecule has 0 radical (unpaired) electrons. The third-order valence-electron chi connectivity index (χ3n) is 8.52. The van der Waals surface area contributed by atoms with Gasteiger partial charge in [0, 0.05) is 35.1 Å². The summed E-state index contributed by atoms with van der Waals surface area (Å²) in [5.74, 6) is -0.563. The maximum Gasteiger partial charge on any atom is 0.308 e. The molecule has 4 heterocycles. The largest absolute Gasteiger partial charge is 0.469 e. The van der Waals surface area contributed by atoms with Crippen molar-refractivity contribution in [3.63, 3.8) is 0 Å². The lowest BCUT2D eigenvalue weighted by Gasteiger charge is -2.42. The van der Waals surface area contributed by atoms with Crippen molar-refractivity contribution in [1.82, 2.24) is 15.0 Å². The second-order valence-corrected chi connectivity index (χ2v) is 10.7. The van der Waals surface area contributed by atoms with Crippen molar-refractivity contribution >= 4 is 28.3 Å². The maximum atomic E-state index is 14.0. The third-order valence-corrected chi connectivity index (χ3v) is 8.52. The Bertz CT molecular complexity index is 1610. The zero-order chi connectivity index (χ0) is 26.1. The number of nitrogens with two attached hydrogens (primary N) is 1. The number of methoxy groups -OCH3 is 1. The number of carbonyl (C=O) groups is 2. The minimum Gasteiger partial charge on any atom is -0.469 e. The minimum atomic E-state index is -0.725. The molecule has 3 aromatic heterocycles. The van der Waals surface area contributed by atoms with E-state index in [4.69, 9.17) is 20.4 Å². The van der Waals surface area contributed by atoms with Crippen LogP contribution in [0.2, 0.25) is 0 Å². The summed E-state index contributed by atoms with van der Waals surface area (Å²) in [6, 6.07) is 14.1. The van der Waals surface area contributed by atoms with Crippen molar-refractivity contribution in [2.75, 3.05) is 12.0 Å². The Labute approximate surface area is 219 Å². The second-order valence-electron chi connectivity index (χ2n) is 10.7. The number of pyridine rings is 3. The van der Waals surface area contributed by atoms with Gasteiger partial charge in [0.1, 0.15) is 0 Å². The molecular formula is C30H27N5O3. The van der Waals surface area contributed by atoms with Crippen LogP contribution in [0.25, 0.3) is 21.9 Å². The number of hydrogen-bond acceptors (Lipinski definition) is 7. The number of esters is 1. The second kappa shape index (κ2) is 8.16. The molecule has 0 saturated heterocycles. The number of carbonyl (C=O) groups excluding carboxylic acids is 2. The first-order valence-electron chi connectivity index (χ1n) is 12.9. The van der Waals surface area contributed by atoms with E-state index in [9.17, 15) is 9.59 Å². The van der Waals surface area contributed by atoms with Crippen molar-refractivity contribution < 1.29 is 14.3 Å². The van der Waals surface area contributed by atoms with Crippen molar-refractivity contribution in [2.45, 2.75) is 43.2 Å². The fourth-order valence-corrected chi connectivity index (χ4v) is 6.18. The Morgan fingerprint density at radius 1 is 1.08 bits per heavy atom. The number of anilines is 1. The van der Waals surface area contributed by atoms with Crippen molar-refractivity contribution in [2.24, 2.45) is 11.7 Å². The monoisotopic (exact) mass is 505 g/mol. The van der Waals surface area contributed by atoms with E-state index in [0.717, 1.165) is 57.4 Å². The van der Waals surface area contributed by atoms with E-state index in [1.54, 1.807) is 17.3 Å². The molecule has 1 amide bonds. The van der Waals surface area contributed by atoms with Crippen LogP contribution < -0.4 is 10.6 Å². The zero-order valence-corrected chi connectivity index (χ0v) is 21.1. The summed E-state index contributed by atoms with van der Waals surface area (Å²) in [6.45, 7) is 0.283. The molecule has 8 nitrogen and oxygen atoms in total. The SMILES string of the molecule is COC(=O)C1CC2(C1)C(=O)N(Cc1ncc3ccccc3c1-c1ccc(C3(N)CC3)nc1)c1cnccc12. The van der Waals surface area contributed by atoms with E-state index in [-0.39, 0.29) is 29.9 Å². The summed E-state index contributed by atoms with van der Waals surface area (Å²) in [5, 5.41) is 2.06. The number of rotatable bonds is 5. The van der Waals surface area contributed by atoms with Crippen LogP contribution in [0.5, 0.6) is 0 Å². The van der Waals surface area contributed by atoms with Gasteiger partial charge < -0.3 is 15.4 Å². The van der Waals surface area contributed by atoms with Crippen molar-refractivity contribution in [3.8, 4) is 11.1 Å². The van der Waals surface area contributed by atoms with E-state index >= 15 is 0 Å². The van der Waals surface area contributed by atoms with Crippen LogP contribution in [-0.4, -0.2) is 33.9 Å². The number of ether oxygens (including phenoxy) is 1. The van der Waals surface area contributed by atoms with Gasteiger partial charge in [-0.1, -0.05) is 30.3 Å². The summed E-state index contributed by atoms with van der Waals surface area (Å²) in [4.78, 5) is 41.8. The lowest BCUT2D eigenvalue weighted by atomic mass is 9.59. The summed E-state index contributed by atoms with van der Waals surface area (Å²) in [7, 11) is 1.39. The highest BCUT2D eigenvalue weighted by atomic mass is 16.5. The van der Waals surface area contributed by atoms with Crippen LogP contribution in [-0.2, 0) is 31.8 Å². The molecule has 4 aromatic rings. The highest BCUT2D eigenvalue weighted by Crippen LogP contribution is 2.56. The lowest BCUT2D eigenvalue weighted by molar-refractivity contribution is -0.152. The lowest BCUT2D eigenvalue weighted by Crippen LogP contribution is -2.51. The Morgan fingerprint density at radius 2 is 1.89 bits per heavy atom. The van der Waals surface area contributed by atoms with Gasteiger partial charge in [-0.2, -0.15) is 0 Å². The van der Waals surface area contributed by atoms with Crippen LogP contribution in [0.1, 0.15) is 42.6 Å². The van der Waals surface area contributed by atoms with Gasteiger partial charge in [-0.3, -0.25) is 24.5 Å². The first kappa shape index (κ1) is 23.0. The molecule has 2 saturated carbocycles. The number of aromatic nitrogens is 3. The molecule has 190 valence electrons. The van der Waals surface area contributed by atoms with Gasteiger partial charge in [-0.05, 0) is 48.8 Å². The van der Waals surface area contributed by atoms with Gasteiger partial charge >= 0.3 is 5.97 Å². The molecule has 0 atom stereocenters. The summed E-state index contributed by atoms with van der Waals surface area (Å²) in [5.41, 5.74) is 10.6. The molecule has 8 heteroatoms. The first-order chi connectivity index (χ1) is 18.4. The molecule has 7 rings (SSSR count). The average Bonchev–Trinajstić information content (AvgIpc) is 3.63. The van der Waals surface area contributed by atoms with Crippen molar-refractivity contribution in [1.29, 1.82) is 0 Å². The standard InChI is InChI=1S/C30H27N5O3/c1-38-27(36)20-12-29(13-20)22-8-11-32-16-24(22)35(28(29)37)17-23-26(21-5-3-2-4-18(21)14-33-23)19-6-7-25(34-15-19)30(31)9-10-30/h2-8,11,14-16,20H,9-10,12-13,17,31H2,1H3. The molecule has 2 aliphatic carbocycles. The Balaban J connectivity index is 1.30. The highest BCUT2D eigenvalue weighted by molar-refractivity contribution is 6.09. The Hall–Kier alpha value is -4.17. The summed E-state index contributed by atoms with van der Waals surface area (Å²) in [6.07, 6.45) is 9.94. The number of benzene rings is 1. The fourth-order valence-electron chi connectivity index (χ4n) is 6.18. The Kier molecular flexibility index (Phi) is 4.94. The van der Waals surface area contributed by atoms with Gasteiger partial charge in [0.05, 0.1) is 53.8 Å². The molecule has 2 fully saturated rings. The molecule has 38 heavy (non-hydrogen) atoms. The molecule has 1 aliphatic heterocycles. The molecule has 2 N–H and O–H groups in total. The Morgan fingerprint density at radius 3 is 2.63 bits per heavy atom. The van der Waals surface area contributed by atoms with Crippen LogP contribution in [0.3, 0.4) is 0 Å². The smallest absolute Gasteiger partial charge is 0.308 e. The van der Waals surface area contributed by atoms with Gasteiger partial charge in [0.2, 0.25) is 5.91 Å². The fraction of sp³-hybridized carbons (Fsp3) is 0.300. The molecule has 3 aliphatic rings. The number of amides is 1. The predicted molar refractivity (Wildman–Crippen MR) is 142 cm³/mol. The van der Waals surface area contributed by atoms with E-state index in [0.29, 0.717) is 12.8 Å². The quantitative estimate of drug-likeness (QED) is 0.408. The molecular weight excluding hydrogens is 478 g/mol. The average molecular weight is 506 g/mol. The summed E-state index contributed by atoms with van der Waals surface area (Å²) >= 11 is 0. The van der Waals surface area contributed by atoms with Gasteiger partial charge in [-0.15, -0.1) is 0 Å². The van der Waals surface area contributed by atoms with Crippen molar-refractivity contribution in [3.05, 3.63) is 84.2 Å². The van der Waals surface area contributed by atoms with Crippen LogP contribution in [0, 0.1) is 5.92 Å². The normalized spacial score (nSPS) is 22.8. The molecule has 0 bridgehead atoms. The topological polar surface area (TPSA) is 111 Å².